The lowest BCUT2D eigenvalue weighted by atomic mass is 9.90. The van der Waals surface area contributed by atoms with Crippen molar-refractivity contribution in [3.8, 4) is 23.0 Å². The van der Waals surface area contributed by atoms with E-state index >= 15 is 0 Å². The number of hydrogen-bond donors (Lipinski definition) is 1. The van der Waals surface area contributed by atoms with E-state index in [9.17, 15) is 72.2 Å². The second-order valence-electron chi connectivity index (χ2n) is 29.5. The lowest BCUT2D eigenvalue weighted by Crippen LogP contribution is -2.39. The summed E-state index contributed by atoms with van der Waals surface area (Å²) in [5.41, 5.74) is 9.78. The van der Waals surface area contributed by atoms with Crippen LogP contribution in [-0.2, 0) is 68.6 Å². The third-order valence-electron chi connectivity index (χ3n) is 20.3. The Bertz CT molecular complexity index is 5290. The Balaban J connectivity index is 0.000000174. The number of aliphatic hydroxyl groups excluding tert-OH is 1. The summed E-state index contributed by atoms with van der Waals surface area (Å²) in [4.78, 5) is 63.0. The molecule has 0 saturated heterocycles. The minimum absolute atomic E-state index is 0.0261. The zero-order valence-corrected chi connectivity index (χ0v) is 69.0. The number of aliphatic hydroxyl groups is 1. The van der Waals surface area contributed by atoms with E-state index in [2.05, 4.69) is 55.2 Å². The van der Waals surface area contributed by atoms with Gasteiger partial charge in [0, 0.05) is 101 Å². The molecular weight excluding hydrogens is 1630 g/mol. The molecule has 0 saturated carbocycles. The van der Waals surface area contributed by atoms with E-state index < -0.39 is 53.1 Å². The fourth-order valence-corrected chi connectivity index (χ4v) is 13.3. The highest BCUT2D eigenvalue weighted by Crippen LogP contribution is 2.37. The number of ether oxygens (including phenoxy) is 4. The Morgan fingerprint density at radius 1 is 0.424 bits per heavy atom. The highest BCUT2D eigenvalue weighted by Gasteiger charge is 2.34. The molecule has 2 unspecified atom stereocenters. The zero-order chi connectivity index (χ0) is 89.5. The fourth-order valence-electron chi connectivity index (χ4n) is 13.3. The molecule has 28 heteroatoms. The first kappa shape index (κ1) is 94.3. The maximum Gasteiger partial charge on any atom is 0.416 e. The number of aryl methyl sites for hydroxylation is 4. The molecule has 2 atom stereocenters. The van der Waals surface area contributed by atoms with E-state index in [0.29, 0.717) is 67.6 Å². The van der Waals surface area contributed by atoms with E-state index in [1.165, 1.54) is 82.5 Å². The third-order valence-corrected chi connectivity index (χ3v) is 20.3. The number of nitrogens with zero attached hydrogens (tertiary/aromatic N) is 8. The first-order valence-electron chi connectivity index (χ1n) is 40.1. The minimum Gasteiger partial charge on any atom is -0.494 e. The molecule has 1 aliphatic rings. The van der Waals surface area contributed by atoms with Crippen LogP contribution >= 0.6 is 0 Å². The quantitative estimate of drug-likeness (QED) is 0.0333. The molecule has 1 aliphatic heterocycles. The maximum absolute atomic E-state index is 13.1. The normalized spacial score (nSPS) is 12.9. The minimum atomic E-state index is -4.43. The average molecular weight is 1730 g/mol. The Kier molecular flexibility index (Phi) is 34.3. The van der Waals surface area contributed by atoms with Crippen LogP contribution in [0.4, 0.5) is 52.7 Å². The molecule has 5 heterocycles. The van der Waals surface area contributed by atoms with Crippen molar-refractivity contribution in [3.05, 3.63) is 381 Å². The number of fused-ring (bicyclic) bond motifs is 1. The molecule has 0 spiro atoms. The van der Waals surface area contributed by atoms with E-state index in [1.807, 2.05) is 125 Å². The smallest absolute Gasteiger partial charge is 0.416 e. The van der Waals surface area contributed by atoms with E-state index in [0.717, 1.165) is 119 Å². The number of hydrogen-bond acceptors (Lipinski definition) is 13. The summed E-state index contributed by atoms with van der Waals surface area (Å²) >= 11 is 0. The van der Waals surface area contributed by atoms with Gasteiger partial charge in [-0.1, -0.05) is 109 Å². The molecule has 0 fully saturated rings. The van der Waals surface area contributed by atoms with Gasteiger partial charge in [0.15, 0.2) is 0 Å². The molecule has 8 aromatic carbocycles. The molecule has 12 aromatic rings. The zero-order valence-electron chi connectivity index (χ0n) is 69.0. The first-order chi connectivity index (χ1) is 59.8. The van der Waals surface area contributed by atoms with Gasteiger partial charge in [-0.3, -0.25) is 39.2 Å². The summed E-state index contributed by atoms with van der Waals surface area (Å²) in [7, 11) is 0. The number of pyridine rings is 4. The van der Waals surface area contributed by atoms with Crippen molar-refractivity contribution in [2.75, 3.05) is 46.1 Å². The van der Waals surface area contributed by atoms with Crippen LogP contribution in [0.1, 0.15) is 130 Å². The van der Waals surface area contributed by atoms with E-state index in [-0.39, 0.29) is 68.8 Å². The van der Waals surface area contributed by atoms with Crippen LogP contribution in [0, 0.1) is 27.7 Å². The van der Waals surface area contributed by atoms with E-state index in [4.69, 9.17) is 18.9 Å². The first-order valence-corrected chi connectivity index (χ1v) is 40.1. The van der Waals surface area contributed by atoms with E-state index in [1.54, 1.807) is 58.9 Å². The van der Waals surface area contributed by atoms with Crippen molar-refractivity contribution >= 4 is 17.7 Å². The topological polar surface area (TPSA) is 173 Å². The highest BCUT2D eigenvalue weighted by atomic mass is 19.4. The van der Waals surface area contributed by atoms with Crippen molar-refractivity contribution in [1.29, 1.82) is 0 Å². The van der Waals surface area contributed by atoms with Crippen LogP contribution in [0.25, 0.3) is 0 Å². The van der Waals surface area contributed by atoms with Crippen molar-refractivity contribution < 1.29 is 91.1 Å². The lowest BCUT2D eigenvalue weighted by Gasteiger charge is -2.37. The molecule has 0 radical (unpaired) electrons. The molecule has 0 bridgehead atoms. The second kappa shape index (κ2) is 45.4. The van der Waals surface area contributed by atoms with Crippen molar-refractivity contribution in [2.45, 2.75) is 123 Å². The van der Waals surface area contributed by atoms with Gasteiger partial charge in [0.05, 0.1) is 66.2 Å². The standard InChI is InChI=1S/C25H25F3N2O3.2C24H23F3N2O2.C24H23F3N2O/c1-17-5-3-4-6-20(17)14-30(24(32)19-8-7-18(2)29-13-19)15-22(31)16-33-23-11-9-21(10-12-23)25(26,27)28;1-18-6-2-3-7-20(18)17-29(23(30)19-8-4-13-28-16-19)14-5-15-31-22-11-9-21(10-12-22)24(25,26)27;1-18-5-2-3-7-20(18)17-29(16-19-6-4-13-28-15-19)23(30)12-14-31-22-10-8-21(9-11-22)24(25,26)27;25-24(26,27)21-8-10-22(11-9-21)30-14-4-13-29-17-20-6-2-1-5-18(20)15-23(29)19-7-3-12-28-16-19/h3-13,22,31H,14-16H2,1-2H3;2-4,6-13,16H,5,14-15,17H2,1H3;2-11,13,15H,12,14,16-17H2,1H3;1-3,5-12,16,23H,4,13-15,17H2. The highest BCUT2D eigenvalue weighted by molar-refractivity contribution is 5.94. The fraction of sp³-hybridized carbons (Fsp3) is 0.268. The van der Waals surface area contributed by atoms with Crippen LogP contribution in [0.5, 0.6) is 23.0 Å². The monoisotopic (exact) mass is 1730 g/mol. The van der Waals surface area contributed by atoms with Crippen LogP contribution in [-0.4, -0.2) is 115 Å². The Labute approximate surface area is 717 Å². The predicted octanol–water partition coefficient (Wildman–Crippen LogP) is 21.4. The van der Waals surface area contributed by atoms with Gasteiger partial charge in [-0.15, -0.1) is 0 Å². The van der Waals surface area contributed by atoms with Crippen LogP contribution in [0.2, 0.25) is 0 Å². The number of aromatic nitrogens is 4. The molecule has 3 amide bonds. The molecule has 13 rings (SSSR count). The molecule has 4 aromatic heterocycles. The Hall–Kier alpha value is -13.0. The summed E-state index contributed by atoms with van der Waals surface area (Å²) in [5, 5.41) is 10.5. The summed E-state index contributed by atoms with van der Waals surface area (Å²) in [5.74, 6) is 0.761. The summed E-state index contributed by atoms with van der Waals surface area (Å²) in [6.45, 7) is 12.0. The van der Waals surface area contributed by atoms with Gasteiger partial charge in [-0.05, 0) is 236 Å². The Morgan fingerprint density at radius 3 is 1.30 bits per heavy atom. The molecule has 1 N–H and O–H groups in total. The van der Waals surface area contributed by atoms with Gasteiger partial charge in [0.25, 0.3) is 11.8 Å². The number of amides is 3. The van der Waals surface area contributed by atoms with Gasteiger partial charge in [0.2, 0.25) is 5.91 Å². The number of carbonyl (C=O) groups excluding carboxylic acids is 3. The van der Waals surface area contributed by atoms with Crippen LogP contribution < -0.4 is 18.9 Å². The number of carbonyl (C=O) groups is 3. The second-order valence-corrected chi connectivity index (χ2v) is 29.5. The van der Waals surface area contributed by atoms with Crippen LogP contribution in [0.15, 0.2) is 286 Å². The largest absolute Gasteiger partial charge is 0.494 e. The van der Waals surface area contributed by atoms with Gasteiger partial charge in [-0.2, -0.15) is 52.7 Å². The van der Waals surface area contributed by atoms with Crippen molar-refractivity contribution in [2.24, 2.45) is 0 Å². The van der Waals surface area contributed by atoms with Crippen molar-refractivity contribution in [1.82, 2.24) is 39.5 Å². The summed E-state index contributed by atoms with van der Waals surface area (Å²) in [6.07, 6.45) is -4.51. The van der Waals surface area contributed by atoms with Gasteiger partial charge in [0.1, 0.15) is 35.7 Å². The molecule has 0 aliphatic carbocycles. The number of alkyl halides is 12. The SMILES string of the molecule is Cc1ccc(C(=O)N(Cc2ccccc2C)CC(O)COc2ccc(C(F)(F)F)cc2)cn1.Cc1ccccc1CN(CCCOc1ccc(C(F)(F)F)cc1)C(=O)c1cccnc1.Cc1ccccc1CN(Cc1cccnc1)C(=O)CCOc1ccc(C(F)(F)F)cc1.FC(F)(F)c1ccc(OCCCN2Cc3ccccc3CC2c2cccnc2)cc1. The van der Waals surface area contributed by atoms with Gasteiger partial charge < -0.3 is 38.8 Å². The lowest BCUT2D eigenvalue weighted by molar-refractivity contribution is -0.138. The average Bonchev–Trinajstić information content (AvgIpc) is 0.751. The molecular formula is C97H94F12N8O8. The number of benzene rings is 8. The van der Waals surface area contributed by atoms with Gasteiger partial charge in [-0.25, -0.2) is 0 Å². The summed E-state index contributed by atoms with van der Waals surface area (Å²) < 4.78 is 174. The number of rotatable bonds is 30. The predicted molar refractivity (Wildman–Crippen MR) is 450 cm³/mol. The van der Waals surface area contributed by atoms with Crippen LogP contribution in [0.3, 0.4) is 0 Å². The molecule has 16 nitrogen and oxygen atoms in total. The molecule has 125 heavy (non-hydrogen) atoms. The third kappa shape index (κ3) is 29.9. The summed E-state index contributed by atoms with van der Waals surface area (Å²) in [6, 6.07) is 64.9. The van der Waals surface area contributed by atoms with Crippen molar-refractivity contribution in [3.63, 3.8) is 0 Å². The number of halogens is 12. The maximum atomic E-state index is 13.1. The Morgan fingerprint density at radius 2 is 0.848 bits per heavy atom. The van der Waals surface area contributed by atoms with Gasteiger partial charge >= 0.3 is 24.7 Å². The molecule has 654 valence electrons.